The summed E-state index contributed by atoms with van der Waals surface area (Å²) in [5.41, 5.74) is 6.80. The fourth-order valence-corrected chi connectivity index (χ4v) is 7.47. The molecule has 3 aromatic rings. The second-order valence-corrected chi connectivity index (χ2v) is 15.3. The lowest BCUT2D eigenvalue weighted by Gasteiger charge is -2.44. The molecule has 0 unspecified atom stereocenters. The molecule has 1 aliphatic heterocycles. The van der Waals surface area contributed by atoms with Gasteiger partial charge in [0.05, 0.1) is 26.7 Å². The van der Waals surface area contributed by atoms with Crippen LogP contribution in [-0.4, -0.2) is 113 Å². The summed E-state index contributed by atoms with van der Waals surface area (Å²) in [4.78, 5) is 60.2. The zero-order valence-electron chi connectivity index (χ0n) is 37.2. The zero-order valence-corrected chi connectivity index (χ0v) is 37.2. The second kappa shape index (κ2) is 26.1. The Morgan fingerprint density at radius 2 is 1.25 bits per heavy atom. The van der Waals surface area contributed by atoms with E-state index in [1.807, 2.05) is 78.9 Å². The molecule has 64 heavy (non-hydrogen) atoms. The van der Waals surface area contributed by atoms with Crippen LogP contribution in [0.5, 0.6) is 11.5 Å². The number of primary amides is 1. The van der Waals surface area contributed by atoms with E-state index in [9.17, 15) is 29.1 Å². The predicted octanol–water partition coefficient (Wildman–Crippen LogP) is 5.10. The summed E-state index contributed by atoms with van der Waals surface area (Å²) in [5.74, 6) is -2.23. The van der Waals surface area contributed by atoms with E-state index in [2.05, 4.69) is 5.32 Å². The quantitative estimate of drug-likeness (QED) is 0.0413. The van der Waals surface area contributed by atoms with Gasteiger partial charge in [-0.25, -0.2) is 4.79 Å². The number of methoxy groups -OCH3 is 2. The first-order valence-electron chi connectivity index (χ1n) is 21.4. The Bertz CT molecular complexity index is 1860. The van der Waals surface area contributed by atoms with Crippen molar-refractivity contribution in [2.24, 2.45) is 11.7 Å². The van der Waals surface area contributed by atoms with E-state index < -0.39 is 72.1 Å². The number of rotatable bonds is 26. The van der Waals surface area contributed by atoms with Crippen molar-refractivity contribution in [1.82, 2.24) is 5.32 Å². The Morgan fingerprint density at radius 3 is 1.80 bits per heavy atom. The smallest absolute Gasteiger partial charge is 0.407 e. The van der Waals surface area contributed by atoms with Gasteiger partial charge in [0.25, 0.3) is 0 Å². The maximum absolute atomic E-state index is 12.6. The highest BCUT2D eigenvalue weighted by atomic mass is 16.7. The van der Waals surface area contributed by atoms with E-state index in [-0.39, 0.29) is 32.8 Å². The Labute approximate surface area is 374 Å². The molecule has 1 fully saturated rings. The molecule has 17 heteroatoms. The fourth-order valence-electron chi connectivity index (χ4n) is 7.47. The third-order valence-corrected chi connectivity index (χ3v) is 10.5. The second-order valence-electron chi connectivity index (χ2n) is 15.3. The summed E-state index contributed by atoms with van der Waals surface area (Å²) >= 11 is 0. The van der Waals surface area contributed by atoms with Crippen LogP contribution in [-0.2, 0) is 57.9 Å². The van der Waals surface area contributed by atoms with Crippen molar-refractivity contribution in [3.63, 3.8) is 0 Å². The van der Waals surface area contributed by atoms with Gasteiger partial charge in [0, 0.05) is 40.3 Å². The van der Waals surface area contributed by atoms with Crippen molar-refractivity contribution in [3.05, 3.63) is 95.6 Å². The van der Waals surface area contributed by atoms with Crippen molar-refractivity contribution >= 4 is 29.9 Å². The summed E-state index contributed by atoms with van der Waals surface area (Å²) in [6.45, 7) is 3.40. The third-order valence-electron chi connectivity index (χ3n) is 10.5. The average Bonchev–Trinajstić information content (AvgIpc) is 3.27. The van der Waals surface area contributed by atoms with Gasteiger partial charge < -0.3 is 58.8 Å². The van der Waals surface area contributed by atoms with Crippen LogP contribution in [0, 0.1) is 5.92 Å². The Hall–Kier alpha value is -5.75. The van der Waals surface area contributed by atoms with Gasteiger partial charge in [0.15, 0.2) is 12.4 Å². The number of aliphatic hydroxyl groups is 1. The minimum atomic E-state index is -1.18. The number of unbranched alkanes of at least 4 members (excludes halogenated alkanes) is 5. The van der Waals surface area contributed by atoms with Crippen LogP contribution in [0.3, 0.4) is 0 Å². The largest absolute Gasteiger partial charge is 0.497 e. The van der Waals surface area contributed by atoms with Gasteiger partial charge in [-0.1, -0.05) is 80.3 Å². The lowest BCUT2D eigenvalue weighted by molar-refractivity contribution is -0.291. The van der Waals surface area contributed by atoms with Gasteiger partial charge in [0.1, 0.15) is 48.6 Å². The third kappa shape index (κ3) is 15.5. The molecule has 3 aromatic carbocycles. The minimum absolute atomic E-state index is 0.158. The van der Waals surface area contributed by atoms with Gasteiger partial charge in [-0.3, -0.25) is 19.2 Å². The number of aliphatic hydroxyl groups excluding tert-OH is 1. The molecule has 0 aromatic heterocycles. The molecule has 4 N–H and O–H groups in total. The molecule has 0 radical (unpaired) electrons. The first-order valence-corrected chi connectivity index (χ1v) is 21.4. The molecule has 17 nitrogen and oxygen atoms in total. The number of carbonyl (C=O) groups is 5. The standard InChI is InChI=1S/C47H62N2O15/c1-31(50)59-30-41-44(63-33(3)52)43(62-32(2)51)40(27-42(48)54)45(64-41)58-26-14-9-7-6-8-13-25-49-46(55)60-28-37(53)29-61-47(34-15-11-10-12-16-34,35-17-21-38(56-4)22-18-35)36-19-23-39(57-5)24-20-36/h10-12,15-24,37,40-41,43-45,53H,6-9,13-14,25-30H2,1-5H3,(H2,48,54)(H,49,55)/t37-,40-,41-,43-,44+,45-/m1/s1. The van der Waals surface area contributed by atoms with Gasteiger partial charge >= 0.3 is 24.0 Å². The zero-order chi connectivity index (χ0) is 46.5. The summed E-state index contributed by atoms with van der Waals surface area (Å²) in [7, 11) is 3.19. The van der Waals surface area contributed by atoms with Crippen LogP contribution >= 0.6 is 0 Å². The van der Waals surface area contributed by atoms with Crippen molar-refractivity contribution in [3.8, 4) is 11.5 Å². The number of amides is 2. The number of nitrogens with one attached hydrogen (secondary N) is 1. The molecule has 2 amide bonds. The molecular weight excluding hydrogens is 833 g/mol. The molecule has 350 valence electrons. The lowest BCUT2D eigenvalue weighted by atomic mass is 9.80. The SMILES string of the molecule is COc1ccc(C(OC[C@H](O)COC(=O)NCCCCCCCCO[C@@H]2O[C@H](COC(C)=O)[C@H](OC(C)=O)[C@H](OC(C)=O)[C@H]2CC(N)=O)(c2ccccc2)c2ccc(OC)cc2)cc1. The molecule has 4 rings (SSSR count). The molecule has 1 saturated heterocycles. The van der Waals surface area contributed by atoms with Gasteiger partial charge in [0.2, 0.25) is 5.91 Å². The van der Waals surface area contributed by atoms with Gasteiger partial charge in [-0.05, 0) is 53.8 Å². The highest BCUT2D eigenvalue weighted by Crippen LogP contribution is 2.42. The number of esters is 3. The highest BCUT2D eigenvalue weighted by Gasteiger charge is 2.51. The molecule has 6 atom stereocenters. The lowest BCUT2D eigenvalue weighted by Crippen LogP contribution is -2.59. The van der Waals surface area contributed by atoms with Crippen LogP contribution in [0.25, 0.3) is 0 Å². The fraction of sp³-hybridized carbons (Fsp3) is 0.511. The highest BCUT2D eigenvalue weighted by molar-refractivity contribution is 5.74. The number of nitrogens with two attached hydrogens (primary N) is 1. The van der Waals surface area contributed by atoms with Crippen molar-refractivity contribution in [1.29, 1.82) is 0 Å². The van der Waals surface area contributed by atoms with E-state index in [0.717, 1.165) is 42.4 Å². The van der Waals surface area contributed by atoms with Crippen LogP contribution < -0.4 is 20.5 Å². The number of hydrogen-bond donors (Lipinski definition) is 3. The van der Waals surface area contributed by atoms with E-state index in [1.54, 1.807) is 14.2 Å². The van der Waals surface area contributed by atoms with Crippen LogP contribution in [0.4, 0.5) is 4.79 Å². The molecule has 0 bridgehead atoms. The number of hydrogen-bond acceptors (Lipinski definition) is 15. The summed E-state index contributed by atoms with van der Waals surface area (Å²) in [6.07, 6.45) is -1.82. The molecule has 1 heterocycles. The Morgan fingerprint density at radius 1 is 0.703 bits per heavy atom. The maximum Gasteiger partial charge on any atom is 0.407 e. The maximum atomic E-state index is 12.6. The molecule has 0 saturated carbocycles. The van der Waals surface area contributed by atoms with E-state index in [1.165, 1.54) is 20.8 Å². The van der Waals surface area contributed by atoms with Crippen LogP contribution in [0.15, 0.2) is 78.9 Å². The monoisotopic (exact) mass is 894 g/mol. The Kier molecular flexibility index (Phi) is 20.8. The van der Waals surface area contributed by atoms with Crippen molar-refractivity contribution < 1.29 is 71.7 Å². The molecule has 1 aliphatic rings. The normalized spacial score (nSPS) is 18.8. The average molecular weight is 895 g/mol. The first kappa shape index (κ1) is 50.9. The molecule has 0 spiro atoms. The number of ether oxygens (including phenoxy) is 9. The van der Waals surface area contributed by atoms with Crippen LogP contribution in [0.2, 0.25) is 0 Å². The number of benzene rings is 3. The minimum Gasteiger partial charge on any atom is -0.497 e. The summed E-state index contributed by atoms with van der Waals surface area (Å²) < 4.78 is 50.9. The van der Waals surface area contributed by atoms with Gasteiger partial charge in [-0.2, -0.15) is 0 Å². The molecule has 0 aliphatic carbocycles. The van der Waals surface area contributed by atoms with Crippen LogP contribution in [0.1, 0.15) is 82.4 Å². The van der Waals surface area contributed by atoms with E-state index >= 15 is 0 Å². The summed E-state index contributed by atoms with van der Waals surface area (Å²) in [5, 5.41) is 13.7. The summed E-state index contributed by atoms with van der Waals surface area (Å²) in [6, 6.07) is 24.7. The number of alkyl carbamates (subject to hydrolysis) is 1. The Balaban J connectivity index is 1.21. The van der Waals surface area contributed by atoms with Gasteiger partial charge in [-0.15, -0.1) is 0 Å². The van der Waals surface area contributed by atoms with Crippen molar-refractivity contribution in [2.45, 2.75) is 102 Å². The predicted molar refractivity (Wildman–Crippen MR) is 231 cm³/mol. The number of carbonyl (C=O) groups excluding carboxylic acids is 5. The first-order chi connectivity index (χ1) is 30.8. The van der Waals surface area contributed by atoms with E-state index in [0.29, 0.717) is 30.9 Å². The topological polar surface area (TPSA) is 227 Å². The molecular formula is C47H62N2O15. The van der Waals surface area contributed by atoms with Crippen molar-refractivity contribution in [2.75, 3.05) is 47.2 Å². The van der Waals surface area contributed by atoms with E-state index in [4.69, 9.17) is 48.4 Å².